The van der Waals surface area contributed by atoms with Crippen LogP contribution in [0.15, 0.2) is 66.7 Å². The second-order valence-electron chi connectivity index (χ2n) is 8.20. The molecule has 5 rings (SSSR count). The lowest BCUT2D eigenvalue weighted by molar-refractivity contribution is 0.981. The average molecular weight is 379 g/mol. The molecule has 0 aliphatic rings. The Morgan fingerprint density at radius 3 is 1.52 bits per heavy atom. The molecule has 144 valence electrons. The molecule has 5 aromatic rings. The van der Waals surface area contributed by atoms with Crippen LogP contribution in [-0.4, -0.2) is 9.97 Å². The zero-order valence-electron chi connectivity index (χ0n) is 17.4. The molecule has 0 amide bonds. The van der Waals surface area contributed by atoms with Gasteiger partial charge in [0.15, 0.2) is 0 Å². The highest BCUT2D eigenvalue weighted by atomic mass is 14.7. The zero-order chi connectivity index (χ0) is 20.1. The number of nitrogens with one attached hydrogen (secondary N) is 2. The van der Waals surface area contributed by atoms with Gasteiger partial charge in [0.25, 0.3) is 0 Å². The molecule has 0 spiro atoms. The van der Waals surface area contributed by atoms with E-state index in [-0.39, 0.29) is 5.92 Å². The van der Waals surface area contributed by atoms with Crippen LogP contribution >= 0.6 is 0 Å². The van der Waals surface area contributed by atoms with E-state index in [0.717, 1.165) is 0 Å². The van der Waals surface area contributed by atoms with E-state index in [1.807, 2.05) is 0 Å². The third-order valence-electron chi connectivity index (χ3n) is 6.46. The molecule has 2 N–H and O–H groups in total. The largest absolute Gasteiger partial charge is 0.358 e. The third-order valence-corrected chi connectivity index (χ3v) is 6.46. The summed E-state index contributed by atoms with van der Waals surface area (Å²) in [5, 5.41) is 2.62. The lowest BCUT2D eigenvalue weighted by Gasteiger charge is -2.19. The summed E-state index contributed by atoms with van der Waals surface area (Å²) in [4.78, 5) is 7.12. The SMILES string of the molecule is Cc1[nH]c2cc(C(c3ccccc3)c3ccc4c(C)c(C)[nH]c4c3)ccc2c1C. The molecule has 0 atom stereocenters. The Morgan fingerprint density at radius 2 is 1.03 bits per heavy atom. The van der Waals surface area contributed by atoms with Gasteiger partial charge in [-0.2, -0.15) is 0 Å². The molecule has 0 fully saturated rings. The van der Waals surface area contributed by atoms with E-state index in [0.29, 0.717) is 0 Å². The number of H-pyrrole nitrogens is 2. The summed E-state index contributed by atoms with van der Waals surface area (Å²) < 4.78 is 0. The van der Waals surface area contributed by atoms with E-state index < -0.39 is 0 Å². The Balaban J connectivity index is 1.72. The molecule has 2 aromatic heterocycles. The maximum atomic E-state index is 3.56. The number of aromatic nitrogens is 2. The summed E-state index contributed by atoms with van der Waals surface area (Å²) in [6.45, 7) is 8.67. The minimum atomic E-state index is 0.192. The summed E-state index contributed by atoms with van der Waals surface area (Å²) in [6.07, 6.45) is 0. The fourth-order valence-electron chi connectivity index (χ4n) is 4.56. The normalized spacial score (nSPS) is 11.8. The van der Waals surface area contributed by atoms with Crippen LogP contribution in [0.2, 0.25) is 0 Å². The van der Waals surface area contributed by atoms with Gasteiger partial charge < -0.3 is 9.97 Å². The number of aryl methyl sites for hydroxylation is 4. The number of fused-ring (bicyclic) bond motifs is 2. The predicted octanol–water partition coefficient (Wildman–Crippen LogP) is 7.06. The highest BCUT2D eigenvalue weighted by molar-refractivity contribution is 5.87. The fraction of sp³-hybridized carbons (Fsp3) is 0.185. The molecule has 3 aromatic carbocycles. The first-order valence-corrected chi connectivity index (χ1v) is 10.3. The molecule has 0 saturated heterocycles. The second-order valence-corrected chi connectivity index (χ2v) is 8.20. The smallest absolute Gasteiger partial charge is 0.0461 e. The van der Waals surface area contributed by atoms with Gasteiger partial charge in [0.1, 0.15) is 0 Å². The van der Waals surface area contributed by atoms with Crippen molar-refractivity contribution >= 4 is 21.8 Å². The Labute approximate surface area is 171 Å². The minimum Gasteiger partial charge on any atom is -0.358 e. The molecule has 2 heteroatoms. The van der Waals surface area contributed by atoms with Gasteiger partial charge in [-0.1, -0.05) is 54.6 Å². The zero-order valence-corrected chi connectivity index (χ0v) is 17.4. The van der Waals surface area contributed by atoms with Gasteiger partial charge in [-0.05, 0) is 67.6 Å². The number of hydrogen-bond acceptors (Lipinski definition) is 0. The van der Waals surface area contributed by atoms with E-state index in [1.54, 1.807) is 0 Å². The highest BCUT2D eigenvalue weighted by Gasteiger charge is 2.19. The van der Waals surface area contributed by atoms with Gasteiger partial charge in [0.05, 0.1) is 0 Å². The first-order chi connectivity index (χ1) is 14.0. The van der Waals surface area contributed by atoms with Crippen LogP contribution in [0.1, 0.15) is 45.1 Å². The molecule has 0 bridgehead atoms. The first kappa shape index (κ1) is 17.8. The Kier molecular flexibility index (Phi) is 4.09. The molecule has 0 saturated carbocycles. The van der Waals surface area contributed by atoms with Gasteiger partial charge in [0, 0.05) is 39.1 Å². The van der Waals surface area contributed by atoms with Crippen LogP contribution in [0.5, 0.6) is 0 Å². The lowest BCUT2D eigenvalue weighted by Crippen LogP contribution is -2.03. The predicted molar refractivity (Wildman–Crippen MR) is 123 cm³/mol. The summed E-state index contributed by atoms with van der Waals surface area (Å²) >= 11 is 0. The quantitative estimate of drug-likeness (QED) is 0.315. The molecule has 0 unspecified atom stereocenters. The van der Waals surface area contributed by atoms with Crippen LogP contribution in [-0.2, 0) is 0 Å². The summed E-state index contributed by atoms with van der Waals surface area (Å²) in [6, 6.07) is 24.6. The van der Waals surface area contributed by atoms with Gasteiger partial charge in [-0.25, -0.2) is 0 Å². The molecule has 0 radical (unpaired) electrons. The molecular weight excluding hydrogens is 352 g/mol. The summed E-state index contributed by atoms with van der Waals surface area (Å²) in [5.74, 6) is 0.192. The fourth-order valence-corrected chi connectivity index (χ4v) is 4.56. The molecule has 0 aliphatic heterocycles. The van der Waals surface area contributed by atoms with Crippen molar-refractivity contribution in [2.24, 2.45) is 0 Å². The Bertz CT molecular complexity index is 1250. The molecule has 0 aliphatic carbocycles. The van der Waals surface area contributed by atoms with Gasteiger partial charge in [-0.15, -0.1) is 0 Å². The minimum absolute atomic E-state index is 0.192. The summed E-state index contributed by atoms with van der Waals surface area (Å²) in [5.41, 5.74) is 11.5. The maximum Gasteiger partial charge on any atom is 0.0461 e. The van der Waals surface area contributed by atoms with E-state index in [4.69, 9.17) is 0 Å². The number of rotatable bonds is 3. The van der Waals surface area contributed by atoms with Crippen molar-refractivity contribution in [3.05, 3.63) is 106 Å². The van der Waals surface area contributed by atoms with Crippen LogP contribution in [0.25, 0.3) is 21.8 Å². The molecule has 29 heavy (non-hydrogen) atoms. The maximum absolute atomic E-state index is 3.56. The monoisotopic (exact) mass is 378 g/mol. The van der Waals surface area contributed by atoms with Crippen molar-refractivity contribution < 1.29 is 0 Å². The van der Waals surface area contributed by atoms with Crippen LogP contribution in [0, 0.1) is 27.7 Å². The van der Waals surface area contributed by atoms with Crippen molar-refractivity contribution in [2.45, 2.75) is 33.6 Å². The average Bonchev–Trinajstić information content (AvgIpc) is 3.17. The topological polar surface area (TPSA) is 31.6 Å². The van der Waals surface area contributed by atoms with E-state index >= 15 is 0 Å². The number of benzene rings is 3. The lowest BCUT2D eigenvalue weighted by atomic mass is 9.84. The van der Waals surface area contributed by atoms with Gasteiger partial charge in [0.2, 0.25) is 0 Å². The van der Waals surface area contributed by atoms with Crippen LogP contribution in [0.4, 0.5) is 0 Å². The van der Waals surface area contributed by atoms with Crippen molar-refractivity contribution in [1.82, 2.24) is 9.97 Å². The standard InChI is InChI=1S/C27H26N2/c1-16-18(3)28-25-14-21(10-12-23(16)25)27(20-8-6-5-7-9-20)22-11-13-24-17(2)19(4)29-26(24)15-22/h5-15,27-29H,1-4H3. The molecule has 2 heterocycles. The Hall–Kier alpha value is -3.26. The van der Waals surface area contributed by atoms with Crippen LogP contribution in [0.3, 0.4) is 0 Å². The highest BCUT2D eigenvalue weighted by Crippen LogP contribution is 2.36. The van der Waals surface area contributed by atoms with E-state index in [9.17, 15) is 0 Å². The summed E-state index contributed by atoms with van der Waals surface area (Å²) in [7, 11) is 0. The number of aromatic amines is 2. The van der Waals surface area contributed by atoms with Crippen molar-refractivity contribution in [3.63, 3.8) is 0 Å². The van der Waals surface area contributed by atoms with Gasteiger partial charge >= 0.3 is 0 Å². The molecule has 2 nitrogen and oxygen atoms in total. The molecular formula is C27H26N2. The van der Waals surface area contributed by atoms with Crippen LogP contribution < -0.4 is 0 Å². The van der Waals surface area contributed by atoms with E-state index in [2.05, 4.69) is 104 Å². The second kappa shape index (κ2) is 6.66. The first-order valence-electron chi connectivity index (χ1n) is 10.3. The number of hydrogen-bond donors (Lipinski definition) is 2. The Morgan fingerprint density at radius 1 is 0.552 bits per heavy atom. The van der Waals surface area contributed by atoms with Gasteiger partial charge in [-0.3, -0.25) is 0 Å². The van der Waals surface area contributed by atoms with Crippen molar-refractivity contribution in [3.8, 4) is 0 Å². The van der Waals surface area contributed by atoms with Crippen molar-refractivity contribution in [1.29, 1.82) is 0 Å². The van der Waals surface area contributed by atoms with Crippen molar-refractivity contribution in [2.75, 3.05) is 0 Å². The third kappa shape index (κ3) is 2.87. The van der Waals surface area contributed by atoms with E-state index in [1.165, 1.54) is 61.0 Å².